The predicted octanol–water partition coefficient (Wildman–Crippen LogP) is 1.46. The van der Waals surface area contributed by atoms with Crippen molar-refractivity contribution in [2.45, 2.75) is 6.92 Å². The van der Waals surface area contributed by atoms with Gasteiger partial charge in [-0.25, -0.2) is 0 Å². The minimum atomic E-state index is -0.0108. The zero-order chi connectivity index (χ0) is 14.3. The van der Waals surface area contributed by atoms with E-state index in [9.17, 15) is 4.79 Å². The number of ketones is 1. The number of nitrogen functional groups attached to an aromatic ring is 1. The van der Waals surface area contributed by atoms with Crippen molar-refractivity contribution < 1.29 is 9.53 Å². The topological polar surface area (TPSA) is 67.6 Å². The van der Waals surface area contributed by atoms with Crippen LogP contribution in [-0.2, 0) is 4.74 Å². The molecule has 1 rings (SSSR count). The van der Waals surface area contributed by atoms with Crippen molar-refractivity contribution >= 4 is 17.2 Å². The van der Waals surface area contributed by atoms with Crippen LogP contribution in [0.5, 0.6) is 0 Å². The second-order valence-electron chi connectivity index (χ2n) is 4.58. The van der Waals surface area contributed by atoms with Crippen molar-refractivity contribution in [2.75, 3.05) is 51.4 Å². The van der Waals surface area contributed by atoms with Gasteiger partial charge in [0.25, 0.3) is 0 Å². The van der Waals surface area contributed by atoms with Gasteiger partial charge in [0, 0.05) is 43.7 Å². The van der Waals surface area contributed by atoms with E-state index in [0.29, 0.717) is 11.3 Å². The van der Waals surface area contributed by atoms with E-state index in [0.717, 1.165) is 31.9 Å². The smallest absolute Gasteiger partial charge is 0.161 e. The molecule has 0 aliphatic rings. The number of anilines is 2. The Morgan fingerprint density at radius 1 is 1.42 bits per heavy atom. The summed E-state index contributed by atoms with van der Waals surface area (Å²) < 4.78 is 5.02. The molecule has 3 N–H and O–H groups in total. The van der Waals surface area contributed by atoms with Crippen LogP contribution in [0, 0.1) is 0 Å². The molecule has 0 saturated carbocycles. The molecule has 19 heavy (non-hydrogen) atoms. The summed E-state index contributed by atoms with van der Waals surface area (Å²) in [4.78, 5) is 13.4. The summed E-state index contributed by atoms with van der Waals surface area (Å²) in [5, 5.41) is 3.29. The summed E-state index contributed by atoms with van der Waals surface area (Å²) in [6, 6.07) is 5.43. The summed E-state index contributed by atoms with van der Waals surface area (Å²) in [5.74, 6) is -0.0108. The van der Waals surface area contributed by atoms with Crippen molar-refractivity contribution in [3.05, 3.63) is 23.8 Å². The molecule has 0 amide bonds. The Bertz CT molecular complexity index is 421. The number of likely N-dealkylation sites (N-methyl/N-ethyl adjacent to an activating group) is 1. The molecule has 106 valence electrons. The number of nitrogens with two attached hydrogens (primary N) is 1. The number of carbonyl (C=O) groups excluding carboxylic acids is 1. The summed E-state index contributed by atoms with van der Waals surface area (Å²) in [5.41, 5.74) is 7.86. The van der Waals surface area contributed by atoms with Gasteiger partial charge in [0.1, 0.15) is 0 Å². The number of methoxy groups -OCH3 is 1. The second kappa shape index (κ2) is 7.76. The van der Waals surface area contributed by atoms with Crippen LogP contribution < -0.4 is 11.1 Å². The van der Waals surface area contributed by atoms with Crippen molar-refractivity contribution in [1.29, 1.82) is 0 Å². The highest BCUT2D eigenvalue weighted by Gasteiger charge is 2.05. The van der Waals surface area contributed by atoms with E-state index in [1.807, 2.05) is 13.1 Å². The number of rotatable bonds is 8. The van der Waals surface area contributed by atoms with E-state index >= 15 is 0 Å². The Kier molecular flexibility index (Phi) is 6.32. The fourth-order valence-electron chi connectivity index (χ4n) is 1.74. The molecule has 0 aliphatic carbocycles. The average Bonchev–Trinajstić information content (AvgIpc) is 2.36. The van der Waals surface area contributed by atoms with Crippen LogP contribution in [0.2, 0.25) is 0 Å². The highest BCUT2D eigenvalue weighted by Crippen LogP contribution is 2.18. The van der Waals surface area contributed by atoms with Gasteiger partial charge in [0.15, 0.2) is 5.78 Å². The maximum absolute atomic E-state index is 11.3. The molecule has 0 heterocycles. The van der Waals surface area contributed by atoms with E-state index in [2.05, 4.69) is 10.2 Å². The second-order valence-corrected chi connectivity index (χ2v) is 4.58. The number of benzene rings is 1. The molecule has 5 nitrogen and oxygen atoms in total. The molecular weight excluding hydrogens is 242 g/mol. The fourth-order valence-corrected chi connectivity index (χ4v) is 1.74. The molecule has 0 aliphatic heterocycles. The summed E-state index contributed by atoms with van der Waals surface area (Å²) >= 11 is 0. The largest absolute Gasteiger partial charge is 0.398 e. The van der Waals surface area contributed by atoms with Gasteiger partial charge in [-0.3, -0.25) is 4.79 Å². The minimum absolute atomic E-state index is 0.0108. The molecule has 0 atom stereocenters. The van der Waals surface area contributed by atoms with E-state index in [1.165, 1.54) is 6.92 Å². The fraction of sp³-hybridized carbons (Fsp3) is 0.500. The van der Waals surface area contributed by atoms with Gasteiger partial charge in [0.2, 0.25) is 0 Å². The highest BCUT2D eigenvalue weighted by molar-refractivity contribution is 5.99. The zero-order valence-electron chi connectivity index (χ0n) is 11.9. The van der Waals surface area contributed by atoms with Crippen LogP contribution in [-0.4, -0.2) is 51.1 Å². The van der Waals surface area contributed by atoms with Crippen LogP contribution >= 0.6 is 0 Å². The first-order chi connectivity index (χ1) is 9.04. The molecule has 0 spiro atoms. The molecular formula is C14H23N3O2. The van der Waals surface area contributed by atoms with Crippen LogP contribution in [0.3, 0.4) is 0 Å². The molecule has 0 fully saturated rings. The quantitative estimate of drug-likeness (QED) is 0.550. The van der Waals surface area contributed by atoms with E-state index < -0.39 is 0 Å². The van der Waals surface area contributed by atoms with Crippen LogP contribution in [0.25, 0.3) is 0 Å². The zero-order valence-corrected chi connectivity index (χ0v) is 11.9. The summed E-state index contributed by atoms with van der Waals surface area (Å²) in [6.07, 6.45) is 0. The lowest BCUT2D eigenvalue weighted by Crippen LogP contribution is -2.28. The molecule has 0 saturated heterocycles. The molecule has 0 aromatic heterocycles. The highest BCUT2D eigenvalue weighted by atomic mass is 16.5. The molecule has 1 aromatic rings. The molecule has 0 bridgehead atoms. The van der Waals surface area contributed by atoms with E-state index in [-0.39, 0.29) is 5.78 Å². The maximum atomic E-state index is 11.3. The number of carbonyl (C=O) groups is 1. The van der Waals surface area contributed by atoms with Gasteiger partial charge >= 0.3 is 0 Å². The summed E-state index contributed by atoms with van der Waals surface area (Å²) in [7, 11) is 3.75. The Balaban J connectivity index is 2.42. The first-order valence-electron chi connectivity index (χ1n) is 6.36. The van der Waals surface area contributed by atoms with E-state index in [4.69, 9.17) is 10.5 Å². The normalized spacial score (nSPS) is 10.7. The van der Waals surface area contributed by atoms with Gasteiger partial charge in [-0.2, -0.15) is 0 Å². The van der Waals surface area contributed by atoms with Gasteiger partial charge in [0.05, 0.1) is 6.61 Å². The third-order valence-corrected chi connectivity index (χ3v) is 2.93. The van der Waals surface area contributed by atoms with Gasteiger partial charge in [-0.15, -0.1) is 0 Å². The van der Waals surface area contributed by atoms with Crippen LogP contribution in [0.15, 0.2) is 18.2 Å². The third kappa shape index (κ3) is 5.28. The number of hydrogen-bond donors (Lipinski definition) is 2. The monoisotopic (exact) mass is 265 g/mol. The lowest BCUT2D eigenvalue weighted by Gasteiger charge is -2.17. The number of nitrogens with zero attached hydrogens (tertiary/aromatic N) is 1. The number of Topliss-reactive ketones (excluding diaryl/α,β-unsaturated/α-hetero) is 1. The van der Waals surface area contributed by atoms with Gasteiger partial charge < -0.3 is 20.7 Å². The third-order valence-electron chi connectivity index (χ3n) is 2.93. The van der Waals surface area contributed by atoms with E-state index in [1.54, 1.807) is 19.2 Å². The predicted molar refractivity (Wildman–Crippen MR) is 78.7 cm³/mol. The Morgan fingerprint density at radius 2 is 2.16 bits per heavy atom. The standard InChI is InChI=1S/C14H23N3O2/c1-11(18)13-5-4-12(10-14(13)15)16-6-7-17(2)8-9-19-3/h4-5,10,16H,6-9,15H2,1-3H3. The van der Waals surface area contributed by atoms with Crippen molar-refractivity contribution in [3.8, 4) is 0 Å². The van der Waals surface area contributed by atoms with Crippen LogP contribution in [0.1, 0.15) is 17.3 Å². The Labute approximate surface area is 114 Å². The molecule has 0 radical (unpaired) electrons. The summed E-state index contributed by atoms with van der Waals surface area (Å²) in [6.45, 7) is 4.89. The lowest BCUT2D eigenvalue weighted by molar-refractivity contribution is 0.101. The molecule has 0 unspecified atom stereocenters. The maximum Gasteiger partial charge on any atom is 0.161 e. The van der Waals surface area contributed by atoms with Crippen molar-refractivity contribution in [2.24, 2.45) is 0 Å². The Hall–Kier alpha value is -1.59. The van der Waals surface area contributed by atoms with Crippen molar-refractivity contribution in [1.82, 2.24) is 4.90 Å². The van der Waals surface area contributed by atoms with Gasteiger partial charge in [-0.05, 0) is 32.2 Å². The first-order valence-corrected chi connectivity index (χ1v) is 6.36. The Morgan fingerprint density at radius 3 is 2.74 bits per heavy atom. The minimum Gasteiger partial charge on any atom is -0.398 e. The van der Waals surface area contributed by atoms with Gasteiger partial charge in [-0.1, -0.05) is 0 Å². The number of ether oxygens (including phenoxy) is 1. The van der Waals surface area contributed by atoms with Crippen LogP contribution in [0.4, 0.5) is 11.4 Å². The molecule has 1 aromatic carbocycles. The van der Waals surface area contributed by atoms with Crippen molar-refractivity contribution in [3.63, 3.8) is 0 Å². The first kappa shape index (κ1) is 15.5. The number of nitrogens with one attached hydrogen (secondary N) is 1. The molecule has 5 heteroatoms. The SMILES string of the molecule is COCCN(C)CCNc1ccc(C(C)=O)c(N)c1. The number of hydrogen-bond acceptors (Lipinski definition) is 5. The lowest BCUT2D eigenvalue weighted by atomic mass is 10.1. The average molecular weight is 265 g/mol.